The second kappa shape index (κ2) is 8.57. The van der Waals surface area contributed by atoms with Gasteiger partial charge in [0.2, 0.25) is 0 Å². The molecule has 1 unspecified atom stereocenters. The molecule has 0 aliphatic carbocycles. The van der Waals surface area contributed by atoms with E-state index in [1.807, 2.05) is 14.1 Å². The molecule has 1 aromatic rings. The monoisotopic (exact) mass is 301 g/mol. The van der Waals surface area contributed by atoms with Crippen molar-refractivity contribution < 1.29 is 4.39 Å². The minimum absolute atomic E-state index is 0.0306. The van der Waals surface area contributed by atoms with Crippen molar-refractivity contribution in [3.8, 4) is 0 Å². The highest BCUT2D eigenvalue weighted by atomic mass is 35.5. The molecule has 3 nitrogen and oxygen atoms in total. The molecule has 0 aliphatic heterocycles. The molecule has 2 N–H and O–H groups in total. The summed E-state index contributed by atoms with van der Waals surface area (Å²) in [5.41, 5.74) is 6.85. The summed E-state index contributed by atoms with van der Waals surface area (Å²) in [6.45, 7) is 5.43. The summed E-state index contributed by atoms with van der Waals surface area (Å²) in [5, 5.41) is 0.450. The van der Waals surface area contributed by atoms with Gasteiger partial charge in [0, 0.05) is 30.7 Å². The van der Waals surface area contributed by atoms with Crippen molar-refractivity contribution in [3.63, 3.8) is 0 Å². The quantitative estimate of drug-likeness (QED) is 0.801. The fourth-order valence-electron chi connectivity index (χ4n) is 2.28. The Bertz CT molecular complexity index is 412. The Morgan fingerprint density at radius 1 is 1.25 bits per heavy atom. The second-order valence-corrected chi connectivity index (χ2v) is 5.66. The van der Waals surface area contributed by atoms with E-state index in [-0.39, 0.29) is 11.9 Å². The number of benzene rings is 1. The zero-order valence-electron chi connectivity index (χ0n) is 12.6. The number of rotatable bonds is 8. The van der Waals surface area contributed by atoms with Crippen LogP contribution in [0.3, 0.4) is 0 Å². The topological polar surface area (TPSA) is 32.5 Å². The molecule has 0 radical (unpaired) electrons. The van der Waals surface area contributed by atoms with Gasteiger partial charge >= 0.3 is 0 Å². The summed E-state index contributed by atoms with van der Waals surface area (Å²) in [5.74, 6) is -0.315. The maximum Gasteiger partial charge on any atom is 0.124 e. The average Bonchev–Trinajstić information content (AvgIpc) is 2.38. The Morgan fingerprint density at radius 3 is 2.45 bits per heavy atom. The Hall–Kier alpha value is -0.680. The van der Waals surface area contributed by atoms with Crippen molar-refractivity contribution in [2.24, 2.45) is 5.73 Å². The molecule has 0 amide bonds. The molecule has 0 heterocycles. The molecular weight excluding hydrogens is 277 g/mol. The van der Waals surface area contributed by atoms with Crippen LogP contribution < -0.4 is 5.73 Å². The van der Waals surface area contributed by atoms with E-state index in [9.17, 15) is 4.39 Å². The van der Waals surface area contributed by atoms with Gasteiger partial charge < -0.3 is 10.6 Å². The first-order valence-electron chi connectivity index (χ1n) is 7.03. The van der Waals surface area contributed by atoms with E-state index in [1.165, 1.54) is 12.1 Å². The molecule has 0 spiro atoms. The van der Waals surface area contributed by atoms with Gasteiger partial charge in [0.15, 0.2) is 0 Å². The van der Waals surface area contributed by atoms with Crippen LogP contribution in [0.15, 0.2) is 18.2 Å². The number of hydrogen-bond donors (Lipinski definition) is 1. The molecule has 114 valence electrons. The van der Waals surface area contributed by atoms with Crippen LogP contribution in [-0.4, -0.2) is 50.1 Å². The lowest BCUT2D eigenvalue weighted by Gasteiger charge is -2.32. The average molecular weight is 302 g/mol. The second-order valence-electron chi connectivity index (χ2n) is 5.26. The maximum atomic E-state index is 13.2. The first kappa shape index (κ1) is 17.4. The third-order valence-corrected chi connectivity index (χ3v) is 3.66. The van der Waals surface area contributed by atoms with Gasteiger partial charge in [-0.2, -0.15) is 0 Å². The molecule has 0 saturated carbocycles. The number of halogens is 2. The van der Waals surface area contributed by atoms with Gasteiger partial charge in [0.25, 0.3) is 0 Å². The van der Waals surface area contributed by atoms with Crippen LogP contribution in [0.5, 0.6) is 0 Å². The molecule has 0 saturated heterocycles. The van der Waals surface area contributed by atoms with Crippen molar-refractivity contribution in [2.75, 3.05) is 40.3 Å². The summed E-state index contributed by atoms with van der Waals surface area (Å²) in [6, 6.07) is 4.58. The van der Waals surface area contributed by atoms with Gasteiger partial charge in [-0.15, -0.1) is 0 Å². The van der Waals surface area contributed by atoms with Crippen LogP contribution in [0.4, 0.5) is 4.39 Å². The van der Waals surface area contributed by atoms with Gasteiger partial charge in [0.05, 0.1) is 0 Å². The van der Waals surface area contributed by atoms with E-state index in [0.717, 1.165) is 31.6 Å². The minimum atomic E-state index is -0.315. The molecule has 0 aliphatic rings. The highest BCUT2D eigenvalue weighted by Crippen LogP contribution is 2.27. The zero-order valence-corrected chi connectivity index (χ0v) is 13.3. The predicted molar refractivity (Wildman–Crippen MR) is 83.6 cm³/mol. The van der Waals surface area contributed by atoms with E-state index < -0.39 is 0 Å². The lowest BCUT2D eigenvalue weighted by Crippen LogP contribution is -2.38. The summed E-state index contributed by atoms with van der Waals surface area (Å²) < 4.78 is 13.2. The van der Waals surface area contributed by atoms with Crippen LogP contribution in [-0.2, 0) is 0 Å². The molecule has 1 aromatic carbocycles. The van der Waals surface area contributed by atoms with E-state index in [1.54, 1.807) is 6.07 Å². The number of likely N-dealkylation sites (N-methyl/N-ethyl adjacent to an activating group) is 1. The summed E-state index contributed by atoms with van der Waals surface area (Å²) in [7, 11) is 4.10. The summed E-state index contributed by atoms with van der Waals surface area (Å²) in [4.78, 5) is 4.46. The van der Waals surface area contributed by atoms with Crippen molar-refractivity contribution in [2.45, 2.75) is 19.4 Å². The fourth-order valence-corrected chi connectivity index (χ4v) is 2.58. The minimum Gasteiger partial charge on any atom is -0.329 e. The highest BCUT2D eigenvalue weighted by molar-refractivity contribution is 6.31. The number of hydrogen-bond acceptors (Lipinski definition) is 3. The lowest BCUT2D eigenvalue weighted by molar-refractivity contribution is 0.182. The Kier molecular flexibility index (Phi) is 7.45. The third-order valence-electron chi connectivity index (χ3n) is 3.33. The summed E-state index contributed by atoms with van der Waals surface area (Å²) in [6.07, 6.45) is 1.04. The first-order chi connectivity index (χ1) is 9.49. The molecule has 0 fully saturated rings. The molecule has 1 atom stereocenters. The molecule has 0 bridgehead atoms. The van der Waals surface area contributed by atoms with E-state index in [0.29, 0.717) is 11.6 Å². The molecule has 20 heavy (non-hydrogen) atoms. The van der Waals surface area contributed by atoms with Crippen LogP contribution in [0.1, 0.15) is 24.9 Å². The van der Waals surface area contributed by atoms with Crippen molar-refractivity contribution in [1.82, 2.24) is 9.80 Å². The molecule has 1 rings (SSSR count). The van der Waals surface area contributed by atoms with Crippen molar-refractivity contribution >= 4 is 11.6 Å². The van der Waals surface area contributed by atoms with E-state index >= 15 is 0 Å². The van der Waals surface area contributed by atoms with Crippen molar-refractivity contribution in [3.05, 3.63) is 34.6 Å². The fraction of sp³-hybridized carbons (Fsp3) is 0.600. The Labute approximate surface area is 126 Å². The molecule has 0 aromatic heterocycles. The predicted octanol–water partition coefficient (Wildman–Crippen LogP) is 2.75. The Balaban J connectivity index is 2.93. The number of nitrogens with two attached hydrogens (primary N) is 1. The van der Waals surface area contributed by atoms with Gasteiger partial charge in [0.1, 0.15) is 5.82 Å². The van der Waals surface area contributed by atoms with Gasteiger partial charge in [-0.3, -0.25) is 4.90 Å². The SMILES string of the molecule is CCCN(CCN(C)C)C(CN)c1ccc(F)cc1Cl. The van der Waals surface area contributed by atoms with Crippen LogP contribution >= 0.6 is 11.6 Å². The van der Waals surface area contributed by atoms with Gasteiger partial charge in [-0.05, 0) is 44.8 Å². The zero-order chi connectivity index (χ0) is 15.1. The Morgan fingerprint density at radius 2 is 1.95 bits per heavy atom. The van der Waals surface area contributed by atoms with Gasteiger partial charge in [-0.1, -0.05) is 24.6 Å². The maximum absolute atomic E-state index is 13.2. The van der Waals surface area contributed by atoms with Crippen LogP contribution in [0.25, 0.3) is 0 Å². The highest BCUT2D eigenvalue weighted by Gasteiger charge is 2.21. The standard InChI is InChI=1S/C15H25ClFN3/c1-4-7-20(9-8-19(2)3)15(11-18)13-6-5-12(17)10-14(13)16/h5-6,10,15H,4,7-9,11,18H2,1-3H3. The third kappa shape index (κ3) is 5.02. The lowest BCUT2D eigenvalue weighted by atomic mass is 10.0. The van der Waals surface area contributed by atoms with E-state index in [4.69, 9.17) is 17.3 Å². The van der Waals surface area contributed by atoms with Crippen LogP contribution in [0, 0.1) is 5.82 Å². The normalized spacial score (nSPS) is 13.2. The van der Waals surface area contributed by atoms with Gasteiger partial charge in [-0.25, -0.2) is 4.39 Å². The first-order valence-corrected chi connectivity index (χ1v) is 7.41. The van der Waals surface area contributed by atoms with Crippen LogP contribution in [0.2, 0.25) is 5.02 Å². The smallest absolute Gasteiger partial charge is 0.124 e. The molecular formula is C15H25ClFN3. The van der Waals surface area contributed by atoms with Crippen molar-refractivity contribution in [1.29, 1.82) is 0 Å². The largest absolute Gasteiger partial charge is 0.329 e. The number of nitrogens with zero attached hydrogens (tertiary/aromatic N) is 2. The summed E-state index contributed by atoms with van der Waals surface area (Å²) >= 11 is 6.18. The van der Waals surface area contributed by atoms with E-state index in [2.05, 4.69) is 16.7 Å². The molecule has 5 heteroatoms.